The molecule has 1 aliphatic rings. The van der Waals surface area contributed by atoms with Gasteiger partial charge in [0.05, 0.1) is 5.69 Å². The van der Waals surface area contributed by atoms with Crippen LogP contribution >= 0.6 is 15.9 Å². The highest BCUT2D eigenvalue weighted by Gasteiger charge is 2.56. The van der Waals surface area contributed by atoms with Gasteiger partial charge in [0.15, 0.2) is 0 Å². The van der Waals surface area contributed by atoms with Crippen LogP contribution in [-0.4, -0.2) is 0 Å². The number of para-hydroxylation sites is 1. The van der Waals surface area contributed by atoms with Crippen molar-refractivity contribution in [2.24, 2.45) is 5.41 Å². The van der Waals surface area contributed by atoms with Crippen molar-refractivity contribution in [3.05, 3.63) is 70.2 Å². The second-order valence-electron chi connectivity index (χ2n) is 10.2. The summed E-state index contributed by atoms with van der Waals surface area (Å²) in [5, 5.41) is 5.93. The molecule has 4 aromatic rings. The Morgan fingerprint density at radius 3 is 2.10 bits per heavy atom. The van der Waals surface area contributed by atoms with Gasteiger partial charge in [0.1, 0.15) is 11.2 Å². The normalized spacial score (nSPS) is 18.6. The van der Waals surface area contributed by atoms with E-state index in [-0.39, 0.29) is 16.2 Å². The Morgan fingerprint density at radius 2 is 1.37 bits per heavy atom. The first-order valence-electron chi connectivity index (χ1n) is 10.6. The maximum absolute atomic E-state index is 6.07. The summed E-state index contributed by atoms with van der Waals surface area (Å²) in [6.07, 6.45) is 0. The minimum Gasteiger partial charge on any atom is -0.456 e. The lowest BCUT2D eigenvalue weighted by molar-refractivity contribution is 0.125. The zero-order valence-corrected chi connectivity index (χ0v) is 20.1. The van der Waals surface area contributed by atoms with E-state index in [0.29, 0.717) is 0 Å². The van der Waals surface area contributed by atoms with Gasteiger partial charge >= 0.3 is 0 Å². The molecule has 0 bridgehead atoms. The lowest BCUT2D eigenvalue weighted by Gasteiger charge is -2.44. The van der Waals surface area contributed by atoms with Crippen molar-refractivity contribution in [3.8, 4) is 0 Å². The van der Waals surface area contributed by atoms with Crippen LogP contribution < -0.4 is 5.32 Å². The van der Waals surface area contributed by atoms with Gasteiger partial charge in [-0.05, 0) is 73.6 Å². The SMILES string of the molecule is CC1(C)c2cc(Br)c(Nc3ccc4c(c3)oc3ccccc34)cc2C(C)(C)C1(C)C. The van der Waals surface area contributed by atoms with Gasteiger partial charge in [-0.1, -0.05) is 59.7 Å². The molecule has 0 saturated heterocycles. The Hall–Kier alpha value is -2.26. The van der Waals surface area contributed by atoms with Gasteiger partial charge in [0.2, 0.25) is 0 Å². The van der Waals surface area contributed by atoms with Crippen LogP contribution in [0, 0.1) is 5.41 Å². The van der Waals surface area contributed by atoms with Crippen LogP contribution in [0.1, 0.15) is 52.7 Å². The standard InChI is InChI=1S/C27H28BrNO/c1-25(2)19-14-21(28)22(15-20(19)26(3,4)27(25,5)6)29-16-11-12-18-17-9-7-8-10-23(17)30-24(18)13-16/h7-15,29H,1-6H3. The first-order valence-corrected chi connectivity index (χ1v) is 11.4. The Morgan fingerprint density at radius 1 is 0.733 bits per heavy atom. The molecule has 5 rings (SSSR count). The highest BCUT2D eigenvalue weighted by molar-refractivity contribution is 9.10. The zero-order valence-electron chi connectivity index (χ0n) is 18.5. The molecule has 0 atom stereocenters. The molecule has 30 heavy (non-hydrogen) atoms. The smallest absolute Gasteiger partial charge is 0.137 e. The second kappa shape index (κ2) is 6.13. The van der Waals surface area contributed by atoms with E-state index < -0.39 is 0 Å². The fraction of sp³-hybridized carbons (Fsp3) is 0.333. The van der Waals surface area contributed by atoms with Crippen molar-refractivity contribution >= 4 is 49.2 Å². The van der Waals surface area contributed by atoms with Crippen LogP contribution in [0.5, 0.6) is 0 Å². The molecule has 2 nitrogen and oxygen atoms in total. The fourth-order valence-electron chi connectivity index (χ4n) is 5.12. The average molecular weight is 462 g/mol. The van der Waals surface area contributed by atoms with Gasteiger partial charge in [0.25, 0.3) is 0 Å². The van der Waals surface area contributed by atoms with Crippen LogP contribution in [0.2, 0.25) is 0 Å². The first-order chi connectivity index (χ1) is 14.0. The molecule has 1 heterocycles. The first kappa shape index (κ1) is 19.7. The second-order valence-corrected chi connectivity index (χ2v) is 11.0. The van der Waals surface area contributed by atoms with Gasteiger partial charge in [-0.25, -0.2) is 0 Å². The Kier molecular flexibility index (Phi) is 4.03. The molecule has 1 aliphatic carbocycles. The van der Waals surface area contributed by atoms with E-state index in [1.54, 1.807) is 0 Å². The number of fused-ring (bicyclic) bond motifs is 4. The monoisotopic (exact) mass is 461 g/mol. The van der Waals surface area contributed by atoms with Crippen LogP contribution in [0.25, 0.3) is 21.9 Å². The van der Waals surface area contributed by atoms with Crippen molar-refractivity contribution in [1.82, 2.24) is 0 Å². The minimum atomic E-state index is 0.0751. The quantitative estimate of drug-likeness (QED) is 0.322. The third-order valence-electron chi connectivity index (χ3n) is 8.24. The highest BCUT2D eigenvalue weighted by atomic mass is 79.9. The molecule has 0 aliphatic heterocycles. The van der Waals surface area contributed by atoms with Crippen LogP contribution in [0.15, 0.2) is 63.5 Å². The molecule has 0 amide bonds. The Labute approximate surface area is 186 Å². The molecule has 1 aromatic heterocycles. The molecular formula is C27H28BrNO. The summed E-state index contributed by atoms with van der Waals surface area (Å²) in [5.74, 6) is 0. The molecule has 0 unspecified atom stereocenters. The Bertz CT molecular complexity index is 1310. The summed E-state index contributed by atoms with van der Waals surface area (Å²) >= 11 is 3.83. The molecule has 3 heteroatoms. The van der Waals surface area contributed by atoms with Crippen molar-refractivity contribution in [2.45, 2.75) is 52.4 Å². The van der Waals surface area contributed by atoms with E-state index >= 15 is 0 Å². The van der Waals surface area contributed by atoms with Gasteiger partial charge in [-0.15, -0.1) is 0 Å². The van der Waals surface area contributed by atoms with Crippen molar-refractivity contribution in [2.75, 3.05) is 5.32 Å². The third-order valence-corrected chi connectivity index (χ3v) is 8.89. The molecule has 0 fully saturated rings. The molecule has 154 valence electrons. The maximum Gasteiger partial charge on any atom is 0.137 e. The van der Waals surface area contributed by atoms with E-state index in [2.05, 4.69) is 105 Å². The molecular weight excluding hydrogens is 434 g/mol. The van der Waals surface area contributed by atoms with Crippen LogP contribution in [0.3, 0.4) is 0 Å². The fourth-order valence-corrected chi connectivity index (χ4v) is 5.56. The van der Waals surface area contributed by atoms with Crippen molar-refractivity contribution in [1.29, 1.82) is 0 Å². The number of benzene rings is 3. The lowest BCUT2D eigenvalue weighted by atomic mass is 9.59. The summed E-state index contributed by atoms with van der Waals surface area (Å²) in [4.78, 5) is 0. The van der Waals surface area contributed by atoms with Gasteiger partial charge < -0.3 is 9.73 Å². The van der Waals surface area contributed by atoms with Gasteiger partial charge in [-0.3, -0.25) is 0 Å². The summed E-state index contributed by atoms with van der Waals surface area (Å²) in [5.41, 5.74) is 7.12. The largest absolute Gasteiger partial charge is 0.456 e. The van der Waals surface area contributed by atoms with Crippen molar-refractivity contribution in [3.63, 3.8) is 0 Å². The summed E-state index contributed by atoms with van der Waals surface area (Å²) in [7, 11) is 0. The van der Waals surface area contributed by atoms with Crippen LogP contribution in [-0.2, 0) is 10.8 Å². The number of anilines is 2. The van der Waals surface area contributed by atoms with E-state index in [1.807, 2.05) is 12.1 Å². The average Bonchev–Trinajstić information content (AvgIpc) is 3.10. The topological polar surface area (TPSA) is 25.2 Å². The van der Waals surface area contributed by atoms with Gasteiger partial charge in [0, 0.05) is 27.0 Å². The number of halogens is 1. The number of nitrogens with one attached hydrogen (secondary N) is 1. The number of hydrogen-bond donors (Lipinski definition) is 1. The number of hydrogen-bond acceptors (Lipinski definition) is 2. The molecule has 0 saturated carbocycles. The predicted molar refractivity (Wildman–Crippen MR) is 131 cm³/mol. The molecule has 3 aromatic carbocycles. The van der Waals surface area contributed by atoms with Crippen molar-refractivity contribution < 1.29 is 4.42 Å². The Balaban J connectivity index is 1.59. The highest BCUT2D eigenvalue weighted by Crippen LogP contribution is 2.62. The summed E-state index contributed by atoms with van der Waals surface area (Å²) in [6, 6.07) is 19.2. The van der Waals surface area contributed by atoms with E-state index in [4.69, 9.17) is 4.42 Å². The third kappa shape index (κ3) is 2.48. The van der Waals surface area contributed by atoms with Crippen LogP contribution in [0.4, 0.5) is 11.4 Å². The maximum atomic E-state index is 6.07. The number of furan rings is 1. The van der Waals surface area contributed by atoms with E-state index in [0.717, 1.165) is 37.8 Å². The number of rotatable bonds is 2. The summed E-state index contributed by atoms with van der Waals surface area (Å²) in [6.45, 7) is 14.3. The molecule has 1 N–H and O–H groups in total. The lowest BCUT2D eigenvalue weighted by Crippen LogP contribution is -2.42. The predicted octanol–water partition coefficient (Wildman–Crippen LogP) is 8.69. The van der Waals surface area contributed by atoms with E-state index in [1.165, 1.54) is 11.1 Å². The zero-order chi connectivity index (χ0) is 21.5. The van der Waals surface area contributed by atoms with Gasteiger partial charge in [-0.2, -0.15) is 0 Å². The minimum absolute atomic E-state index is 0.0751. The summed E-state index contributed by atoms with van der Waals surface area (Å²) < 4.78 is 7.16. The molecule has 0 radical (unpaired) electrons. The van der Waals surface area contributed by atoms with E-state index in [9.17, 15) is 0 Å². The molecule has 0 spiro atoms.